The predicted octanol–water partition coefficient (Wildman–Crippen LogP) is 23.4. The Morgan fingerprint density at radius 1 is 0.385 bits per heavy atom. The van der Waals surface area contributed by atoms with E-state index in [-0.39, 0.29) is 38.3 Å². The zero-order valence-corrected chi connectivity index (χ0v) is 80.0. The number of nitrogens with one attached hydrogen (secondary N) is 2. The van der Waals surface area contributed by atoms with Gasteiger partial charge in [-0.3, -0.25) is 33.3 Å². The Labute approximate surface area is 742 Å². The van der Waals surface area contributed by atoms with E-state index in [9.17, 15) is 54.0 Å². The number of ether oxygens (including phenoxy) is 6. The van der Waals surface area contributed by atoms with Gasteiger partial charge in [0.2, 0.25) is 11.8 Å². The van der Waals surface area contributed by atoms with Crippen LogP contribution in [0.3, 0.4) is 0 Å². The first-order valence-corrected chi connectivity index (χ1v) is 52.2. The number of Topliss-reactive ketones (excluding diaryl/α,β-unsaturated/α-hetero) is 1. The van der Waals surface area contributed by atoms with E-state index in [0.29, 0.717) is 57.8 Å². The molecule has 720 valence electrons. The summed E-state index contributed by atoms with van der Waals surface area (Å²) in [6.07, 6.45) is 47.5. The SMILES string of the molecule is CCCCCCCCCCCCCC(=O)O[C@H](CCCCCCCCCCC)CC(=O)C[C@@H]1C(NC(=O)C[C@@H](CCCCCCCCCCC)OC(=O)CCCCCCCCCCCCC)[C@H](OCC2O[C@H](C)C(NC(=O)C[C@H](O)CCCCCCCCCCC)[C@@H](OC(=O)C[C@H](O)CCCCCCCCCCC)[C@@H]2O)OC(CO)[C@H]1OP(=O)(O)O.[NH4+]. The Morgan fingerprint density at radius 3 is 1.07 bits per heavy atom. The summed E-state index contributed by atoms with van der Waals surface area (Å²) in [4.78, 5) is 108. The molecule has 2 saturated heterocycles. The summed E-state index contributed by atoms with van der Waals surface area (Å²) in [5.74, 6) is -4.92. The number of ketones is 1. The number of hydrogen-bond acceptors (Lipinski definition) is 18. The topological polar surface area (TPSA) is 366 Å². The average Bonchev–Trinajstić information content (AvgIpc) is 0.798. The molecule has 0 aliphatic carbocycles. The molecule has 2 aliphatic heterocycles. The molecular weight excluding hydrogens is 1570 g/mol. The van der Waals surface area contributed by atoms with E-state index in [4.69, 9.17) is 32.9 Å². The number of carbonyl (C=O) groups excluding carboxylic acids is 6. The van der Waals surface area contributed by atoms with E-state index in [1.54, 1.807) is 6.92 Å². The fourth-order valence-corrected chi connectivity index (χ4v) is 18.1. The van der Waals surface area contributed by atoms with Gasteiger partial charge in [0.25, 0.3) is 0 Å². The first-order chi connectivity index (χ1) is 58.6. The van der Waals surface area contributed by atoms with Crippen molar-refractivity contribution in [1.29, 1.82) is 0 Å². The van der Waals surface area contributed by atoms with E-state index in [1.807, 2.05) is 0 Å². The quantitative estimate of drug-likeness (QED) is 0.0118. The number of aliphatic hydroxyl groups is 4. The minimum absolute atomic E-state index is 0. The molecule has 2 heterocycles. The van der Waals surface area contributed by atoms with Crippen LogP contribution >= 0.6 is 7.82 Å². The third-order valence-electron chi connectivity index (χ3n) is 24.9. The van der Waals surface area contributed by atoms with E-state index in [1.165, 1.54) is 154 Å². The molecule has 0 aromatic rings. The molecule has 0 saturated carbocycles. The maximum atomic E-state index is 15.2. The Kier molecular flexibility index (Phi) is 75.5. The molecular formula is C98H189N3O20P+. The Balaban J connectivity index is 0.0000744. The number of unbranched alkanes of at least 4 members (excludes halogenated alkanes) is 52. The maximum absolute atomic E-state index is 15.2. The van der Waals surface area contributed by atoms with Crippen molar-refractivity contribution in [3.63, 3.8) is 0 Å². The molecule has 122 heavy (non-hydrogen) atoms. The molecule has 0 aromatic heterocycles. The highest BCUT2D eigenvalue weighted by Crippen LogP contribution is 2.45. The van der Waals surface area contributed by atoms with Gasteiger partial charge < -0.3 is 75.4 Å². The summed E-state index contributed by atoms with van der Waals surface area (Å²) >= 11 is 0. The largest absolute Gasteiger partial charge is 0.469 e. The number of carbonyl (C=O) groups is 6. The van der Waals surface area contributed by atoms with Gasteiger partial charge in [0.15, 0.2) is 12.4 Å². The number of rotatable bonds is 85. The van der Waals surface area contributed by atoms with Crippen molar-refractivity contribution in [2.45, 2.75) is 571 Å². The third kappa shape index (κ3) is 62.1. The standard InChI is InChI=1S/C98H185N2O20P.H3N/c1-8-14-20-26-32-38-40-46-52-58-64-70-90(107)116-83(68-62-56-50-44-36-30-24-18-12-5)72-82(104)73-85-94(100-89(106)76-84(69-63-57-51-45-37-31-25-19-13-6)117-91(108)71-65-59-53-47-41-39-33-27-21-15-9-2)98(118-86(77-101)96(85)120-121(111,112)113)114-78-87-95(110)97(119-92(109)75-81(103)67-61-55-49-43-35-29-23-17-11-4)93(79(7)115-87)99-88(105)74-80(102)66-60-54-48-42-34-28-22-16-10-3;/h79-81,83-87,93-98,101-103,110H,8-78H2,1-7H3,(H,99,105)(H,100,106)(H2,111,112,113);1H3/p+1/t79-,80-,81-,83-,84-,85-,86?,87?,93?,94?,95-,96+,97-,98-;/m1./s1. The van der Waals surface area contributed by atoms with Gasteiger partial charge in [0.1, 0.15) is 42.4 Å². The van der Waals surface area contributed by atoms with E-state index >= 15 is 9.59 Å². The van der Waals surface area contributed by atoms with Crippen LogP contribution in [0.4, 0.5) is 0 Å². The van der Waals surface area contributed by atoms with Gasteiger partial charge >= 0.3 is 25.7 Å². The molecule has 23 nitrogen and oxygen atoms in total. The molecule has 24 heteroatoms. The van der Waals surface area contributed by atoms with Gasteiger partial charge in [0.05, 0.1) is 62.9 Å². The number of phosphoric acid groups is 1. The van der Waals surface area contributed by atoms with Crippen LogP contribution in [0.1, 0.15) is 492 Å². The normalized spacial score (nSPS) is 20.2. The van der Waals surface area contributed by atoms with Crippen molar-refractivity contribution in [1.82, 2.24) is 16.8 Å². The van der Waals surface area contributed by atoms with Gasteiger partial charge in [-0.25, -0.2) is 4.57 Å². The second-order valence-electron chi connectivity index (χ2n) is 36.4. The van der Waals surface area contributed by atoms with Crippen LogP contribution in [-0.4, -0.2) is 158 Å². The summed E-state index contributed by atoms with van der Waals surface area (Å²) in [7, 11) is -5.51. The first kappa shape index (κ1) is 117. The highest BCUT2D eigenvalue weighted by Gasteiger charge is 2.52. The minimum Gasteiger partial charge on any atom is -0.462 e. The van der Waals surface area contributed by atoms with Crippen molar-refractivity contribution in [3.8, 4) is 0 Å². The summed E-state index contributed by atoms with van der Waals surface area (Å²) in [5.41, 5.74) is 0. The van der Waals surface area contributed by atoms with E-state index in [2.05, 4.69) is 52.2 Å². The molecule has 2 rings (SSSR count). The molecule has 2 aliphatic rings. The van der Waals surface area contributed by atoms with Crippen molar-refractivity contribution in [2.75, 3.05) is 13.2 Å². The lowest BCUT2D eigenvalue weighted by molar-refractivity contribution is -0.276. The summed E-state index contributed by atoms with van der Waals surface area (Å²) in [6.45, 7) is 13.3. The molecule has 0 radical (unpaired) electrons. The van der Waals surface area contributed by atoms with Crippen LogP contribution in [-0.2, 0) is 66.3 Å². The Morgan fingerprint density at radius 2 is 0.705 bits per heavy atom. The second kappa shape index (κ2) is 78.8. The molecule has 2 amide bonds. The van der Waals surface area contributed by atoms with Crippen molar-refractivity contribution in [3.05, 3.63) is 0 Å². The highest BCUT2D eigenvalue weighted by molar-refractivity contribution is 7.46. The fraction of sp³-hybridized carbons (Fsp3) is 0.939. The maximum Gasteiger partial charge on any atom is 0.469 e. The lowest BCUT2D eigenvalue weighted by atomic mass is 9.82. The monoisotopic (exact) mass is 1760 g/mol. The first-order valence-electron chi connectivity index (χ1n) is 50.6. The Hall–Kier alpha value is -3.19. The molecule has 0 aromatic carbocycles. The van der Waals surface area contributed by atoms with Crippen LogP contribution in [0.25, 0.3) is 0 Å². The zero-order chi connectivity index (χ0) is 88.6. The number of amides is 2. The minimum atomic E-state index is -5.51. The molecule has 2 fully saturated rings. The van der Waals surface area contributed by atoms with E-state index in [0.717, 1.165) is 186 Å². The number of phosphoric ester groups is 1. The van der Waals surface area contributed by atoms with Crippen LogP contribution in [0.5, 0.6) is 0 Å². The van der Waals surface area contributed by atoms with Crippen molar-refractivity contribution in [2.24, 2.45) is 5.92 Å². The van der Waals surface area contributed by atoms with Crippen LogP contribution in [0.15, 0.2) is 0 Å². The average molecular weight is 1760 g/mol. The highest BCUT2D eigenvalue weighted by atomic mass is 31.2. The fourth-order valence-electron chi connectivity index (χ4n) is 17.4. The van der Waals surface area contributed by atoms with Gasteiger partial charge in [-0.2, -0.15) is 0 Å². The molecule has 14 atom stereocenters. The van der Waals surface area contributed by atoms with Gasteiger partial charge in [-0.15, -0.1) is 0 Å². The molecule has 4 unspecified atom stereocenters. The van der Waals surface area contributed by atoms with Crippen LogP contribution < -0.4 is 16.8 Å². The van der Waals surface area contributed by atoms with Crippen molar-refractivity contribution >= 4 is 43.3 Å². The van der Waals surface area contributed by atoms with E-state index < -0.39 is 155 Å². The zero-order valence-electron chi connectivity index (χ0n) is 79.1. The smallest absolute Gasteiger partial charge is 0.462 e. The summed E-state index contributed by atoms with van der Waals surface area (Å²) in [5, 5.41) is 52.1. The number of esters is 3. The lowest BCUT2D eigenvalue weighted by Gasteiger charge is -2.47. The second-order valence-corrected chi connectivity index (χ2v) is 37.6. The molecule has 0 bridgehead atoms. The van der Waals surface area contributed by atoms with Crippen LogP contribution in [0, 0.1) is 5.92 Å². The van der Waals surface area contributed by atoms with Gasteiger partial charge in [0, 0.05) is 31.6 Å². The van der Waals surface area contributed by atoms with Crippen molar-refractivity contribution < 1.29 is 96.5 Å². The van der Waals surface area contributed by atoms with Gasteiger partial charge in [-0.1, -0.05) is 388 Å². The third-order valence-corrected chi connectivity index (χ3v) is 25.4. The molecule has 12 N–H and O–H groups in total. The number of hydrogen-bond donors (Lipinski definition) is 9. The summed E-state index contributed by atoms with van der Waals surface area (Å²) < 4.78 is 57.0. The Bertz CT molecular complexity index is 2550. The predicted molar refractivity (Wildman–Crippen MR) is 492 cm³/mol. The van der Waals surface area contributed by atoms with Crippen LogP contribution in [0.2, 0.25) is 0 Å². The summed E-state index contributed by atoms with van der Waals surface area (Å²) in [6, 6.07) is -2.72. The number of aliphatic hydroxyl groups excluding tert-OH is 4. The lowest BCUT2D eigenvalue weighted by Crippen LogP contribution is -2.66. The molecule has 0 spiro atoms. The van der Waals surface area contributed by atoms with Gasteiger partial charge in [-0.05, 0) is 58.3 Å². The number of quaternary nitrogens is 1.